The molecule has 0 aromatic heterocycles. The minimum atomic E-state index is -0.641. The molecule has 2 N–H and O–H groups in total. The number of benzene rings is 2. The molecule has 0 aliphatic carbocycles. The van der Waals surface area contributed by atoms with E-state index >= 15 is 0 Å². The molecule has 0 unspecified atom stereocenters. The Bertz CT molecular complexity index is 1320. The van der Waals surface area contributed by atoms with Gasteiger partial charge in [0.2, 0.25) is 12.7 Å². The summed E-state index contributed by atoms with van der Waals surface area (Å²) < 4.78 is 23.4. The van der Waals surface area contributed by atoms with E-state index in [1.807, 2.05) is 27.0 Å². The Morgan fingerprint density at radius 2 is 1.95 bits per heavy atom. The number of aliphatic hydroxyl groups is 1. The van der Waals surface area contributed by atoms with Crippen molar-refractivity contribution in [3.05, 3.63) is 52.1 Å². The van der Waals surface area contributed by atoms with Gasteiger partial charge in [0.25, 0.3) is 0 Å². The van der Waals surface area contributed by atoms with E-state index in [9.17, 15) is 15.0 Å². The van der Waals surface area contributed by atoms with Crippen molar-refractivity contribution in [2.24, 2.45) is 0 Å². The van der Waals surface area contributed by atoms with Crippen LogP contribution in [0.4, 0.5) is 0 Å². The fraction of sp³-hybridized carbons (Fsp3) is 0.464. The molecule has 4 heterocycles. The second kappa shape index (κ2) is 8.56. The van der Waals surface area contributed by atoms with Crippen molar-refractivity contribution in [1.82, 2.24) is 9.80 Å². The van der Waals surface area contributed by atoms with Crippen LogP contribution in [0.1, 0.15) is 45.5 Å². The Kier molecular flexibility index (Phi) is 5.54. The fourth-order valence-electron chi connectivity index (χ4n) is 6.95. The van der Waals surface area contributed by atoms with E-state index in [0.29, 0.717) is 42.4 Å². The van der Waals surface area contributed by atoms with Gasteiger partial charge < -0.3 is 34.1 Å². The Morgan fingerprint density at radius 3 is 2.65 bits per heavy atom. The number of rotatable bonds is 5. The number of phenols is 1. The predicted molar refractivity (Wildman–Crippen MR) is 135 cm³/mol. The van der Waals surface area contributed by atoms with Gasteiger partial charge in [0.05, 0.1) is 37.9 Å². The van der Waals surface area contributed by atoms with Crippen molar-refractivity contribution in [3.63, 3.8) is 0 Å². The van der Waals surface area contributed by atoms with Gasteiger partial charge >= 0.3 is 0 Å². The first-order valence-corrected chi connectivity index (χ1v) is 12.6. The third-order valence-corrected chi connectivity index (χ3v) is 8.41. The van der Waals surface area contributed by atoms with Gasteiger partial charge in [-0.05, 0) is 44.9 Å². The SMILES string of the molecule is C=CCOc1c(C)c2c(c3c1C[C@H]1[C@H]4c5c(cc(C)c(OC)c5O)C[C@@H](C(=O)N1[C@H]3CO)N4C)OCO2. The van der Waals surface area contributed by atoms with E-state index in [1.165, 1.54) is 0 Å². The third kappa shape index (κ3) is 3.13. The van der Waals surface area contributed by atoms with Crippen molar-refractivity contribution in [2.45, 2.75) is 50.9 Å². The summed E-state index contributed by atoms with van der Waals surface area (Å²) in [5.41, 5.74) is 4.99. The summed E-state index contributed by atoms with van der Waals surface area (Å²) in [6.45, 7) is 7.69. The van der Waals surface area contributed by atoms with E-state index in [4.69, 9.17) is 18.9 Å². The second-order valence-electron chi connectivity index (χ2n) is 10.2. The normalized spacial score (nSPS) is 25.3. The molecule has 1 saturated heterocycles. The number of aliphatic hydroxyl groups excluding tert-OH is 1. The second-order valence-corrected chi connectivity index (χ2v) is 10.2. The predicted octanol–water partition coefficient (Wildman–Crippen LogP) is 2.71. The smallest absolute Gasteiger partial charge is 0.241 e. The molecule has 37 heavy (non-hydrogen) atoms. The number of ether oxygens (including phenoxy) is 4. The molecule has 2 bridgehead atoms. The standard InChI is InChI=1S/C28H32N2O7/c1-6-7-35-25-14(3)26-27(37-12-36-26)21-16(25)10-17-22-20-15(8-13(2)24(34-5)23(20)32)9-18(29(22)4)28(33)30(17)19(21)11-31/h6,8,17-19,22,31-32H,1,7,9-12H2,2-5H3/t17-,18-,19-,22-/m0/s1. The maximum absolute atomic E-state index is 14.1. The van der Waals surface area contributed by atoms with E-state index < -0.39 is 12.1 Å². The number of aryl methyl sites for hydroxylation is 1. The van der Waals surface area contributed by atoms with Crippen molar-refractivity contribution >= 4 is 5.91 Å². The first kappa shape index (κ1) is 23.9. The highest BCUT2D eigenvalue weighted by molar-refractivity contribution is 5.86. The number of phenolic OH excluding ortho intramolecular Hbond substituents is 1. The van der Waals surface area contributed by atoms with E-state index in [0.717, 1.165) is 33.4 Å². The van der Waals surface area contributed by atoms with Crippen molar-refractivity contribution < 1.29 is 34.0 Å². The molecule has 4 atom stereocenters. The zero-order valence-corrected chi connectivity index (χ0v) is 21.5. The van der Waals surface area contributed by atoms with Crippen LogP contribution in [-0.2, 0) is 17.6 Å². The molecule has 6 rings (SSSR count). The highest BCUT2D eigenvalue weighted by atomic mass is 16.7. The average molecular weight is 509 g/mol. The highest BCUT2D eigenvalue weighted by Gasteiger charge is 2.56. The topological polar surface area (TPSA) is 101 Å². The Labute approximate surface area is 215 Å². The van der Waals surface area contributed by atoms with Crippen LogP contribution in [0.2, 0.25) is 0 Å². The van der Waals surface area contributed by atoms with E-state index in [-0.39, 0.29) is 37.1 Å². The molecule has 9 heteroatoms. The molecule has 4 aliphatic heterocycles. The monoisotopic (exact) mass is 508 g/mol. The van der Waals surface area contributed by atoms with Crippen molar-refractivity contribution in [1.29, 1.82) is 0 Å². The Hall–Kier alpha value is -3.43. The summed E-state index contributed by atoms with van der Waals surface area (Å²) in [7, 11) is 3.48. The van der Waals surface area contributed by atoms with Crippen LogP contribution >= 0.6 is 0 Å². The maximum atomic E-state index is 14.1. The molecule has 1 amide bonds. The number of hydrogen-bond acceptors (Lipinski definition) is 8. The molecule has 2 aromatic rings. The lowest BCUT2D eigenvalue weighted by Crippen LogP contribution is -2.66. The van der Waals surface area contributed by atoms with Gasteiger partial charge in [0.1, 0.15) is 12.4 Å². The summed E-state index contributed by atoms with van der Waals surface area (Å²) in [6, 6.07) is 0.301. The molecular weight excluding hydrogens is 476 g/mol. The molecule has 1 fully saturated rings. The lowest BCUT2D eigenvalue weighted by atomic mass is 9.73. The Balaban J connectivity index is 1.59. The first-order chi connectivity index (χ1) is 17.8. The molecule has 9 nitrogen and oxygen atoms in total. The summed E-state index contributed by atoms with van der Waals surface area (Å²) in [5.74, 6) is 2.31. The number of carbonyl (C=O) groups excluding carboxylic acids is 1. The summed E-state index contributed by atoms with van der Waals surface area (Å²) >= 11 is 0. The summed E-state index contributed by atoms with van der Waals surface area (Å²) in [5, 5.41) is 22.1. The van der Waals surface area contributed by atoms with Crippen molar-refractivity contribution in [2.75, 3.05) is 34.2 Å². The van der Waals surface area contributed by atoms with Gasteiger partial charge in [-0.2, -0.15) is 0 Å². The van der Waals surface area contributed by atoms with Gasteiger partial charge in [-0.25, -0.2) is 0 Å². The fourth-order valence-corrected chi connectivity index (χ4v) is 6.95. The number of likely N-dealkylation sites (N-methyl/N-ethyl adjacent to an activating group) is 1. The Morgan fingerprint density at radius 1 is 1.19 bits per heavy atom. The quantitative estimate of drug-likeness (QED) is 0.595. The van der Waals surface area contributed by atoms with Gasteiger partial charge in [0, 0.05) is 22.3 Å². The van der Waals surface area contributed by atoms with Crippen molar-refractivity contribution in [3.8, 4) is 28.7 Å². The number of carbonyl (C=O) groups is 1. The number of piperazine rings is 1. The van der Waals surface area contributed by atoms with Gasteiger partial charge in [-0.15, -0.1) is 0 Å². The number of aromatic hydroxyl groups is 1. The number of fused-ring (bicyclic) bond motifs is 9. The lowest BCUT2D eigenvalue weighted by molar-refractivity contribution is -0.158. The van der Waals surface area contributed by atoms with Crippen LogP contribution in [0.25, 0.3) is 0 Å². The molecule has 0 spiro atoms. The van der Waals surface area contributed by atoms with Crippen LogP contribution in [0.3, 0.4) is 0 Å². The van der Waals surface area contributed by atoms with E-state index in [2.05, 4.69) is 11.5 Å². The minimum Gasteiger partial charge on any atom is -0.504 e. The van der Waals surface area contributed by atoms with Crippen LogP contribution in [0.5, 0.6) is 28.7 Å². The molecule has 0 radical (unpaired) electrons. The average Bonchev–Trinajstić information content (AvgIpc) is 3.37. The largest absolute Gasteiger partial charge is 0.504 e. The van der Waals surface area contributed by atoms with E-state index in [1.54, 1.807) is 18.1 Å². The number of nitrogens with zero attached hydrogens (tertiary/aromatic N) is 2. The highest BCUT2D eigenvalue weighted by Crippen LogP contribution is 2.57. The number of methoxy groups -OCH3 is 1. The molecule has 2 aromatic carbocycles. The minimum absolute atomic E-state index is 0.0474. The molecule has 0 saturated carbocycles. The van der Waals surface area contributed by atoms with Gasteiger partial charge in [-0.3, -0.25) is 9.69 Å². The number of hydrogen-bond donors (Lipinski definition) is 2. The molecular formula is C28H32N2O7. The maximum Gasteiger partial charge on any atom is 0.241 e. The van der Waals surface area contributed by atoms with Crippen LogP contribution < -0.4 is 18.9 Å². The molecule has 4 aliphatic rings. The zero-order valence-electron chi connectivity index (χ0n) is 21.5. The third-order valence-electron chi connectivity index (χ3n) is 8.41. The van der Waals surface area contributed by atoms with Gasteiger partial charge in [0.15, 0.2) is 23.0 Å². The van der Waals surface area contributed by atoms with Gasteiger partial charge in [-0.1, -0.05) is 18.7 Å². The summed E-state index contributed by atoms with van der Waals surface area (Å²) in [6.07, 6.45) is 2.60. The summed E-state index contributed by atoms with van der Waals surface area (Å²) in [4.78, 5) is 17.9. The van der Waals surface area contributed by atoms with Crippen LogP contribution in [-0.4, -0.2) is 72.2 Å². The number of amides is 1. The van der Waals surface area contributed by atoms with Crippen LogP contribution in [0.15, 0.2) is 18.7 Å². The molecule has 196 valence electrons. The first-order valence-electron chi connectivity index (χ1n) is 12.6. The zero-order chi connectivity index (χ0) is 26.2. The van der Waals surface area contributed by atoms with Crippen LogP contribution in [0, 0.1) is 13.8 Å². The lowest BCUT2D eigenvalue weighted by Gasteiger charge is -2.57.